The van der Waals surface area contributed by atoms with E-state index in [9.17, 15) is 14.0 Å². The van der Waals surface area contributed by atoms with Crippen LogP contribution in [0.4, 0.5) is 10.1 Å². The van der Waals surface area contributed by atoms with Gasteiger partial charge in [-0.25, -0.2) is 9.18 Å². The smallest absolute Gasteiger partial charge is 0.335 e. The molecule has 1 aromatic carbocycles. The second kappa shape index (κ2) is 6.24. The summed E-state index contributed by atoms with van der Waals surface area (Å²) in [6.07, 6.45) is 5.76. The van der Waals surface area contributed by atoms with Gasteiger partial charge in [0, 0.05) is 5.41 Å². The molecule has 0 radical (unpaired) electrons. The number of carbonyl (C=O) groups is 2. The first-order valence-corrected chi connectivity index (χ1v) is 7.27. The Morgan fingerprint density at radius 1 is 1.19 bits per heavy atom. The summed E-state index contributed by atoms with van der Waals surface area (Å²) < 4.78 is 13.8. The van der Waals surface area contributed by atoms with Gasteiger partial charge in [0.1, 0.15) is 5.82 Å². The van der Waals surface area contributed by atoms with Crippen LogP contribution in [-0.4, -0.2) is 17.0 Å². The van der Waals surface area contributed by atoms with Gasteiger partial charge in [0.15, 0.2) is 0 Å². The summed E-state index contributed by atoms with van der Waals surface area (Å²) >= 11 is 0. The molecule has 1 aromatic rings. The fraction of sp³-hybridized carbons (Fsp3) is 0.500. The third-order valence-corrected chi connectivity index (χ3v) is 4.22. The maximum Gasteiger partial charge on any atom is 0.335 e. The van der Waals surface area contributed by atoms with Gasteiger partial charge in [0.2, 0.25) is 5.91 Å². The molecule has 5 heteroatoms. The summed E-state index contributed by atoms with van der Waals surface area (Å²) in [5.74, 6) is -2.00. The molecule has 2 N–H and O–H groups in total. The van der Waals surface area contributed by atoms with Crippen molar-refractivity contribution in [3.8, 4) is 0 Å². The quantitative estimate of drug-likeness (QED) is 0.832. The lowest BCUT2D eigenvalue weighted by molar-refractivity contribution is -0.125. The summed E-state index contributed by atoms with van der Waals surface area (Å²) in [4.78, 5) is 23.4. The number of carbonyl (C=O) groups excluding carboxylic acids is 1. The van der Waals surface area contributed by atoms with Crippen molar-refractivity contribution in [3.05, 3.63) is 29.6 Å². The number of benzene rings is 1. The fourth-order valence-electron chi connectivity index (χ4n) is 2.76. The highest BCUT2D eigenvalue weighted by molar-refractivity contribution is 5.96. The molecule has 1 saturated carbocycles. The number of hydrogen-bond acceptors (Lipinski definition) is 2. The number of amides is 1. The normalized spacial score (nSPS) is 17.8. The molecular weight excluding hydrogens is 273 g/mol. The molecule has 1 fully saturated rings. The molecule has 0 spiro atoms. The summed E-state index contributed by atoms with van der Waals surface area (Å²) in [7, 11) is 0. The van der Waals surface area contributed by atoms with Crippen LogP contribution < -0.4 is 5.32 Å². The zero-order chi connectivity index (χ0) is 15.5. The van der Waals surface area contributed by atoms with Gasteiger partial charge in [-0.05, 0) is 31.0 Å². The Balaban J connectivity index is 2.18. The molecule has 0 saturated heterocycles. The Morgan fingerprint density at radius 3 is 2.38 bits per heavy atom. The van der Waals surface area contributed by atoms with E-state index in [0.717, 1.165) is 50.7 Å². The number of rotatable bonds is 3. The van der Waals surface area contributed by atoms with Crippen LogP contribution >= 0.6 is 0 Å². The average Bonchev–Trinajstić information content (AvgIpc) is 2.66. The summed E-state index contributed by atoms with van der Waals surface area (Å²) in [5.41, 5.74) is -0.620. The molecule has 0 aliphatic heterocycles. The van der Waals surface area contributed by atoms with Crippen molar-refractivity contribution >= 4 is 17.6 Å². The van der Waals surface area contributed by atoms with E-state index >= 15 is 0 Å². The molecule has 0 heterocycles. The van der Waals surface area contributed by atoms with Gasteiger partial charge in [-0.1, -0.05) is 32.6 Å². The average molecular weight is 293 g/mol. The van der Waals surface area contributed by atoms with Crippen molar-refractivity contribution < 1.29 is 19.1 Å². The van der Waals surface area contributed by atoms with Crippen LogP contribution in [-0.2, 0) is 4.79 Å². The van der Waals surface area contributed by atoms with Crippen LogP contribution in [0.25, 0.3) is 0 Å². The minimum absolute atomic E-state index is 0.0438. The van der Waals surface area contributed by atoms with E-state index in [1.165, 1.54) is 6.07 Å². The monoisotopic (exact) mass is 293 g/mol. The molecule has 1 amide bonds. The minimum atomic E-state index is -1.15. The van der Waals surface area contributed by atoms with Gasteiger partial charge in [-0.2, -0.15) is 0 Å². The number of aromatic carboxylic acids is 1. The van der Waals surface area contributed by atoms with Crippen molar-refractivity contribution in [2.75, 3.05) is 5.32 Å². The lowest BCUT2D eigenvalue weighted by atomic mass is 9.81. The third-order valence-electron chi connectivity index (χ3n) is 4.22. The molecule has 1 aliphatic carbocycles. The zero-order valence-corrected chi connectivity index (χ0v) is 12.1. The van der Waals surface area contributed by atoms with Crippen LogP contribution in [0.2, 0.25) is 0 Å². The van der Waals surface area contributed by atoms with E-state index in [1.54, 1.807) is 0 Å². The highest BCUT2D eigenvalue weighted by Crippen LogP contribution is 2.35. The molecule has 4 nitrogen and oxygen atoms in total. The van der Waals surface area contributed by atoms with Crippen LogP contribution in [0.1, 0.15) is 55.8 Å². The lowest BCUT2D eigenvalue weighted by Crippen LogP contribution is -2.33. The summed E-state index contributed by atoms with van der Waals surface area (Å²) in [5, 5.41) is 11.5. The standard InChI is InChI=1S/C16H20FNO3/c1-16(8-4-2-3-5-9-16)15(21)18-13-10-11(14(19)20)6-7-12(13)17/h6-7,10H,2-5,8-9H2,1H3,(H,18,21)(H,19,20). The first-order chi connectivity index (χ1) is 9.92. The Bertz CT molecular complexity index is 548. The van der Waals surface area contributed by atoms with Crippen molar-refractivity contribution in [1.82, 2.24) is 0 Å². The Labute approximate surface area is 123 Å². The predicted molar refractivity (Wildman–Crippen MR) is 77.8 cm³/mol. The number of halogens is 1. The van der Waals surface area contributed by atoms with Gasteiger partial charge in [0.25, 0.3) is 0 Å². The number of nitrogens with one attached hydrogen (secondary N) is 1. The molecule has 2 rings (SSSR count). The molecule has 21 heavy (non-hydrogen) atoms. The van der Waals surface area contributed by atoms with E-state index in [2.05, 4.69) is 5.32 Å². The molecule has 0 aromatic heterocycles. The molecular formula is C16H20FNO3. The van der Waals surface area contributed by atoms with E-state index in [4.69, 9.17) is 5.11 Å². The van der Waals surface area contributed by atoms with Crippen molar-refractivity contribution in [3.63, 3.8) is 0 Å². The second-order valence-electron chi connectivity index (χ2n) is 5.93. The van der Waals surface area contributed by atoms with E-state index < -0.39 is 17.2 Å². The zero-order valence-electron chi connectivity index (χ0n) is 12.1. The maximum absolute atomic E-state index is 13.8. The third kappa shape index (κ3) is 3.60. The second-order valence-corrected chi connectivity index (χ2v) is 5.93. The molecule has 0 atom stereocenters. The topological polar surface area (TPSA) is 66.4 Å². The molecule has 0 unspecified atom stereocenters. The Kier molecular flexibility index (Phi) is 4.60. The van der Waals surface area contributed by atoms with Gasteiger partial charge in [0.05, 0.1) is 11.3 Å². The Morgan fingerprint density at radius 2 is 1.81 bits per heavy atom. The van der Waals surface area contributed by atoms with Crippen LogP contribution in [0.3, 0.4) is 0 Å². The maximum atomic E-state index is 13.8. The summed E-state index contributed by atoms with van der Waals surface area (Å²) in [6, 6.07) is 3.41. The van der Waals surface area contributed by atoms with Crippen molar-refractivity contribution in [2.24, 2.45) is 5.41 Å². The first-order valence-electron chi connectivity index (χ1n) is 7.27. The van der Waals surface area contributed by atoms with Gasteiger partial charge < -0.3 is 10.4 Å². The number of carboxylic acids is 1. The molecule has 0 bridgehead atoms. The van der Waals surface area contributed by atoms with E-state index in [0.29, 0.717) is 0 Å². The highest BCUT2D eigenvalue weighted by atomic mass is 19.1. The first kappa shape index (κ1) is 15.5. The predicted octanol–water partition coefficient (Wildman–Crippen LogP) is 3.82. The van der Waals surface area contributed by atoms with Crippen LogP contribution in [0, 0.1) is 11.2 Å². The highest BCUT2D eigenvalue weighted by Gasteiger charge is 2.33. The minimum Gasteiger partial charge on any atom is -0.478 e. The Hall–Kier alpha value is -1.91. The molecule has 114 valence electrons. The van der Waals surface area contributed by atoms with Crippen molar-refractivity contribution in [2.45, 2.75) is 45.4 Å². The number of hydrogen-bond donors (Lipinski definition) is 2. The lowest BCUT2D eigenvalue weighted by Gasteiger charge is -2.26. The fourth-order valence-corrected chi connectivity index (χ4v) is 2.76. The molecule has 1 aliphatic rings. The van der Waals surface area contributed by atoms with Gasteiger partial charge >= 0.3 is 5.97 Å². The van der Waals surface area contributed by atoms with E-state index in [-0.39, 0.29) is 17.2 Å². The van der Waals surface area contributed by atoms with Crippen molar-refractivity contribution in [1.29, 1.82) is 0 Å². The van der Waals surface area contributed by atoms with Crippen LogP contribution in [0.15, 0.2) is 18.2 Å². The van der Waals surface area contributed by atoms with E-state index in [1.807, 2.05) is 6.92 Å². The largest absolute Gasteiger partial charge is 0.478 e. The number of anilines is 1. The van der Waals surface area contributed by atoms with Crippen LogP contribution in [0.5, 0.6) is 0 Å². The number of carboxylic acid groups (broad SMARTS) is 1. The van der Waals surface area contributed by atoms with Gasteiger partial charge in [-0.15, -0.1) is 0 Å². The van der Waals surface area contributed by atoms with Gasteiger partial charge in [-0.3, -0.25) is 4.79 Å². The summed E-state index contributed by atoms with van der Waals surface area (Å²) in [6.45, 7) is 1.90. The SMILES string of the molecule is CC1(C(=O)Nc2cc(C(=O)O)ccc2F)CCCCCC1.